The van der Waals surface area contributed by atoms with Crippen LogP contribution in [0.3, 0.4) is 0 Å². The topological polar surface area (TPSA) is 32.5 Å². The minimum atomic E-state index is 0.262. The third kappa shape index (κ3) is 4.23. The maximum absolute atomic E-state index is 6.36. The Morgan fingerprint density at radius 1 is 1.12 bits per heavy atom. The van der Waals surface area contributed by atoms with Crippen molar-refractivity contribution in [2.24, 2.45) is 11.1 Å². The van der Waals surface area contributed by atoms with Crippen LogP contribution in [0.15, 0.2) is 0 Å². The summed E-state index contributed by atoms with van der Waals surface area (Å²) in [7, 11) is 2.22. The van der Waals surface area contributed by atoms with Crippen LogP contribution in [0.1, 0.15) is 40.5 Å². The molecule has 0 radical (unpaired) electrons. The summed E-state index contributed by atoms with van der Waals surface area (Å²) in [6, 6.07) is 0.789. The minimum Gasteiger partial charge on any atom is -0.326 e. The zero-order valence-corrected chi connectivity index (χ0v) is 12.4. The lowest BCUT2D eigenvalue weighted by Crippen LogP contribution is -2.55. The monoisotopic (exact) mass is 241 g/mol. The van der Waals surface area contributed by atoms with Crippen LogP contribution in [-0.4, -0.2) is 55.1 Å². The molecular formula is C14H31N3. The van der Waals surface area contributed by atoms with E-state index in [1.54, 1.807) is 0 Å². The highest BCUT2D eigenvalue weighted by Gasteiger charge is 2.34. The van der Waals surface area contributed by atoms with Crippen LogP contribution in [0.2, 0.25) is 0 Å². The normalized spacial score (nSPS) is 24.4. The molecule has 1 fully saturated rings. The van der Waals surface area contributed by atoms with Crippen molar-refractivity contribution in [2.75, 3.05) is 33.2 Å². The highest BCUT2D eigenvalue weighted by Crippen LogP contribution is 2.28. The number of rotatable bonds is 3. The largest absolute Gasteiger partial charge is 0.326 e. The fourth-order valence-corrected chi connectivity index (χ4v) is 3.03. The molecule has 2 unspecified atom stereocenters. The zero-order valence-electron chi connectivity index (χ0n) is 12.4. The fourth-order valence-electron chi connectivity index (χ4n) is 3.03. The van der Waals surface area contributed by atoms with E-state index in [1.165, 1.54) is 26.1 Å². The Kier molecular flexibility index (Phi) is 5.42. The zero-order chi connectivity index (χ0) is 13.1. The van der Waals surface area contributed by atoms with Crippen LogP contribution in [0.5, 0.6) is 0 Å². The maximum Gasteiger partial charge on any atom is 0.0296 e. The van der Waals surface area contributed by atoms with Crippen molar-refractivity contribution in [3.05, 3.63) is 0 Å². The lowest BCUT2D eigenvalue weighted by atomic mass is 9.80. The van der Waals surface area contributed by atoms with Crippen molar-refractivity contribution in [1.82, 2.24) is 9.80 Å². The molecule has 0 amide bonds. The summed E-state index contributed by atoms with van der Waals surface area (Å²) in [5.74, 6) is 0. The molecular weight excluding hydrogens is 210 g/mol. The second-order valence-corrected chi connectivity index (χ2v) is 6.58. The van der Waals surface area contributed by atoms with Gasteiger partial charge in [-0.2, -0.15) is 0 Å². The van der Waals surface area contributed by atoms with E-state index in [0.29, 0.717) is 12.1 Å². The predicted octanol–water partition coefficient (Wildman–Crippen LogP) is 1.78. The summed E-state index contributed by atoms with van der Waals surface area (Å²) < 4.78 is 0. The molecule has 1 heterocycles. The Hall–Kier alpha value is -0.120. The van der Waals surface area contributed by atoms with Crippen molar-refractivity contribution in [2.45, 2.75) is 52.6 Å². The van der Waals surface area contributed by atoms with Gasteiger partial charge in [0.25, 0.3) is 0 Å². The van der Waals surface area contributed by atoms with Crippen molar-refractivity contribution >= 4 is 0 Å². The summed E-state index contributed by atoms with van der Waals surface area (Å²) in [5.41, 5.74) is 6.63. The molecule has 102 valence electrons. The quantitative estimate of drug-likeness (QED) is 0.817. The minimum absolute atomic E-state index is 0.262. The lowest BCUT2D eigenvalue weighted by molar-refractivity contribution is 0.0799. The van der Waals surface area contributed by atoms with Crippen LogP contribution in [0.25, 0.3) is 0 Å². The molecule has 0 aromatic carbocycles. The highest BCUT2D eigenvalue weighted by atomic mass is 15.2. The molecule has 1 aliphatic rings. The predicted molar refractivity (Wildman–Crippen MR) is 75.2 cm³/mol. The van der Waals surface area contributed by atoms with E-state index in [-0.39, 0.29) is 5.41 Å². The van der Waals surface area contributed by atoms with Gasteiger partial charge in [-0.05, 0) is 38.4 Å². The van der Waals surface area contributed by atoms with Crippen molar-refractivity contribution in [3.8, 4) is 0 Å². The molecule has 3 nitrogen and oxygen atoms in total. The second kappa shape index (κ2) is 6.17. The Morgan fingerprint density at radius 3 is 2.29 bits per heavy atom. The van der Waals surface area contributed by atoms with E-state index in [9.17, 15) is 0 Å². The summed E-state index contributed by atoms with van der Waals surface area (Å²) in [5, 5.41) is 0. The molecule has 0 aromatic rings. The fraction of sp³-hybridized carbons (Fsp3) is 1.00. The van der Waals surface area contributed by atoms with Gasteiger partial charge in [-0.15, -0.1) is 0 Å². The molecule has 2 N–H and O–H groups in total. The molecule has 17 heavy (non-hydrogen) atoms. The first-order valence-corrected chi connectivity index (χ1v) is 7.04. The summed E-state index contributed by atoms with van der Waals surface area (Å²) in [6.07, 6.45) is 2.33. The summed E-state index contributed by atoms with van der Waals surface area (Å²) >= 11 is 0. The van der Waals surface area contributed by atoms with Crippen LogP contribution in [0, 0.1) is 5.41 Å². The van der Waals surface area contributed by atoms with Crippen LogP contribution >= 0.6 is 0 Å². The van der Waals surface area contributed by atoms with E-state index in [2.05, 4.69) is 44.5 Å². The summed E-state index contributed by atoms with van der Waals surface area (Å²) in [4.78, 5) is 5.05. The van der Waals surface area contributed by atoms with Crippen LogP contribution in [0.4, 0.5) is 0 Å². The highest BCUT2D eigenvalue weighted by molar-refractivity contribution is 4.91. The molecule has 0 spiro atoms. The number of likely N-dealkylation sites (N-methyl/N-ethyl adjacent to an activating group) is 1. The second-order valence-electron chi connectivity index (χ2n) is 6.58. The van der Waals surface area contributed by atoms with E-state index in [1.807, 2.05) is 0 Å². The van der Waals surface area contributed by atoms with Gasteiger partial charge < -0.3 is 10.6 Å². The molecule has 3 heteroatoms. The molecule has 2 atom stereocenters. The van der Waals surface area contributed by atoms with Crippen molar-refractivity contribution < 1.29 is 0 Å². The van der Waals surface area contributed by atoms with Crippen molar-refractivity contribution in [3.63, 3.8) is 0 Å². The SMILES string of the molecule is CCC(N)C(N1CCCN(C)CC1)C(C)(C)C. The summed E-state index contributed by atoms with van der Waals surface area (Å²) in [6.45, 7) is 13.9. The third-order valence-electron chi connectivity index (χ3n) is 3.91. The molecule has 1 saturated heterocycles. The smallest absolute Gasteiger partial charge is 0.0296 e. The average molecular weight is 241 g/mol. The first kappa shape index (κ1) is 14.9. The van der Waals surface area contributed by atoms with Gasteiger partial charge in [0, 0.05) is 25.2 Å². The van der Waals surface area contributed by atoms with Crippen LogP contribution in [-0.2, 0) is 0 Å². The molecule has 1 rings (SSSR count). The standard InChI is InChI=1S/C14H31N3/c1-6-12(15)13(14(2,3)4)17-9-7-8-16(5)10-11-17/h12-13H,6-11,15H2,1-5H3. The van der Waals surface area contributed by atoms with Gasteiger partial charge in [-0.3, -0.25) is 4.90 Å². The average Bonchev–Trinajstić information content (AvgIpc) is 2.42. The molecule has 0 saturated carbocycles. The van der Waals surface area contributed by atoms with Gasteiger partial charge in [-0.1, -0.05) is 27.7 Å². The molecule has 0 aliphatic carbocycles. The number of nitrogens with two attached hydrogens (primary N) is 1. The van der Waals surface area contributed by atoms with Crippen molar-refractivity contribution in [1.29, 1.82) is 0 Å². The number of hydrogen-bond acceptors (Lipinski definition) is 3. The first-order chi connectivity index (χ1) is 7.86. The first-order valence-electron chi connectivity index (χ1n) is 7.04. The molecule has 0 aromatic heterocycles. The van der Waals surface area contributed by atoms with Gasteiger partial charge in [-0.25, -0.2) is 0 Å². The van der Waals surface area contributed by atoms with E-state index < -0.39 is 0 Å². The van der Waals surface area contributed by atoms with Gasteiger partial charge in [0.1, 0.15) is 0 Å². The Balaban J connectivity index is 2.75. The maximum atomic E-state index is 6.36. The third-order valence-corrected chi connectivity index (χ3v) is 3.91. The van der Waals surface area contributed by atoms with E-state index in [4.69, 9.17) is 5.73 Å². The van der Waals surface area contributed by atoms with Gasteiger partial charge in [0.15, 0.2) is 0 Å². The van der Waals surface area contributed by atoms with E-state index in [0.717, 1.165) is 13.0 Å². The number of nitrogens with zero attached hydrogens (tertiary/aromatic N) is 2. The van der Waals surface area contributed by atoms with Gasteiger partial charge in [0.2, 0.25) is 0 Å². The Bertz CT molecular complexity index is 222. The Morgan fingerprint density at radius 2 is 1.76 bits per heavy atom. The molecule has 0 bridgehead atoms. The van der Waals surface area contributed by atoms with Crippen LogP contribution < -0.4 is 5.73 Å². The van der Waals surface area contributed by atoms with Gasteiger partial charge >= 0.3 is 0 Å². The van der Waals surface area contributed by atoms with Gasteiger partial charge in [0.05, 0.1) is 0 Å². The number of hydrogen-bond donors (Lipinski definition) is 1. The van der Waals surface area contributed by atoms with E-state index >= 15 is 0 Å². The Labute approximate surface area is 107 Å². The lowest BCUT2D eigenvalue weighted by Gasteiger charge is -2.43. The molecule has 1 aliphatic heterocycles.